The van der Waals surface area contributed by atoms with E-state index in [0.717, 1.165) is 32.5 Å². The van der Waals surface area contributed by atoms with E-state index in [1.807, 2.05) is 30.1 Å². The van der Waals surface area contributed by atoms with Gasteiger partial charge in [0, 0.05) is 26.3 Å². The summed E-state index contributed by atoms with van der Waals surface area (Å²) in [4.78, 5) is 14.1. The monoisotopic (exact) mass is 276 g/mol. The van der Waals surface area contributed by atoms with Crippen molar-refractivity contribution in [3.63, 3.8) is 0 Å². The van der Waals surface area contributed by atoms with Crippen LogP contribution in [0.15, 0.2) is 30.3 Å². The first-order chi connectivity index (χ1) is 9.68. The summed E-state index contributed by atoms with van der Waals surface area (Å²) in [6.45, 7) is 1.48. The first-order valence-electron chi connectivity index (χ1n) is 7.32. The zero-order valence-electron chi connectivity index (χ0n) is 12.1. The molecule has 1 aliphatic heterocycles. The van der Waals surface area contributed by atoms with Gasteiger partial charge in [0.25, 0.3) is 0 Å². The third-order valence-corrected chi connectivity index (χ3v) is 3.99. The number of amides is 1. The number of rotatable bonds is 5. The molecular weight excluding hydrogens is 252 g/mol. The number of carbonyl (C=O) groups is 1. The number of nitrogens with two attached hydrogens (primary N) is 1. The van der Waals surface area contributed by atoms with Crippen molar-refractivity contribution < 1.29 is 9.53 Å². The average molecular weight is 276 g/mol. The van der Waals surface area contributed by atoms with E-state index in [0.29, 0.717) is 6.42 Å². The molecule has 1 aromatic rings. The number of benzene rings is 1. The SMILES string of the molecule is CN(C(=O)[C@H](N)CCc1ccccc1)C1CCOCC1. The molecular formula is C16H24N2O2. The number of carbonyl (C=O) groups excluding carboxylic acids is 1. The van der Waals surface area contributed by atoms with Gasteiger partial charge in [-0.2, -0.15) is 0 Å². The van der Waals surface area contributed by atoms with Crippen molar-refractivity contribution in [2.24, 2.45) is 5.73 Å². The zero-order chi connectivity index (χ0) is 14.4. The summed E-state index contributed by atoms with van der Waals surface area (Å²) in [5.74, 6) is 0.0489. The number of hydrogen-bond acceptors (Lipinski definition) is 3. The Morgan fingerprint density at radius 1 is 1.35 bits per heavy atom. The molecule has 0 aromatic heterocycles. The first kappa shape index (κ1) is 15.0. The second-order valence-electron chi connectivity index (χ2n) is 5.42. The maximum atomic E-state index is 12.3. The molecule has 0 saturated carbocycles. The molecule has 1 saturated heterocycles. The first-order valence-corrected chi connectivity index (χ1v) is 7.32. The molecule has 1 aromatic carbocycles. The number of likely N-dealkylation sites (N-methyl/N-ethyl adjacent to an activating group) is 1. The average Bonchev–Trinajstić information content (AvgIpc) is 2.53. The molecule has 0 aliphatic carbocycles. The van der Waals surface area contributed by atoms with E-state index in [2.05, 4.69) is 12.1 Å². The molecule has 1 aliphatic rings. The van der Waals surface area contributed by atoms with E-state index in [1.54, 1.807) is 0 Å². The minimum Gasteiger partial charge on any atom is -0.381 e. The van der Waals surface area contributed by atoms with Gasteiger partial charge in [-0.3, -0.25) is 4.79 Å². The van der Waals surface area contributed by atoms with Crippen molar-refractivity contribution >= 4 is 5.91 Å². The Bertz CT molecular complexity index is 416. The van der Waals surface area contributed by atoms with Crippen molar-refractivity contribution in [1.29, 1.82) is 0 Å². The van der Waals surface area contributed by atoms with Gasteiger partial charge in [0.2, 0.25) is 5.91 Å². The predicted octanol–water partition coefficient (Wildman–Crippen LogP) is 1.58. The number of ether oxygens (including phenoxy) is 1. The van der Waals surface area contributed by atoms with Crippen LogP contribution in [0.2, 0.25) is 0 Å². The Kier molecular flexibility index (Phi) is 5.56. The highest BCUT2D eigenvalue weighted by atomic mass is 16.5. The molecule has 1 fully saturated rings. The highest BCUT2D eigenvalue weighted by Gasteiger charge is 2.25. The molecule has 1 atom stereocenters. The topological polar surface area (TPSA) is 55.6 Å². The van der Waals surface area contributed by atoms with Gasteiger partial charge in [-0.05, 0) is 31.2 Å². The molecule has 20 heavy (non-hydrogen) atoms. The molecule has 4 nitrogen and oxygen atoms in total. The van der Waals surface area contributed by atoms with E-state index in [-0.39, 0.29) is 11.9 Å². The van der Waals surface area contributed by atoms with Crippen LogP contribution in [0, 0.1) is 0 Å². The number of nitrogens with zero attached hydrogens (tertiary/aromatic N) is 1. The molecule has 2 N–H and O–H groups in total. The van der Waals surface area contributed by atoms with Crippen molar-refractivity contribution in [3.05, 3.63) is 35.9 Å². The summed E-state index contributed by atoms with van der Waals surface area (Å²) in [6, 6.07) is 10.0. The molecule has 2 rings (SSSR count). The molecule has 110 valence electrons. The lowest BCUT2D eigenvalue weighted by molar-refractivity contribution is -0.135. The van der Waals surface area contributed by atoms with Crippen LogP contribution < -0.4 is 5.73 Å². The fourth-order valence-electron chi connectivity index (χ4n) is 2.60. The Morgan fingerprint density at radius 2 is 2.00 bits per heavy atom. The van der Waals surface area contributed by atoms with Crippen molar-refractivity contribution in [2.75, 3.05) is 20.3 Å². The quantitative estimate of drug-likeness (QED) is 0.888. The van der Waals surface area contributed by atoms with E-state index in [4.69, 9.17) is 10.5 Å². The zero-order valence-corrected chi connectivity index (χ0v) is 12.1. The predicted molar refractivity (Wildman–Crippen MR) is 79.3 cm³/mol. The van der Waals surface area contributed by atoms with E-state index in [9.17, 15) is 4.79 Å². The van der Waals surface area contributed by atoms with Gasteiger partial charge >= 0.3 is 0 Å². The third kappa shape index (κ3) is 4.05. The Balaban J connectivity index is 1.81. The third-order valence-electron chi connectivity index (χ3n) is 3.99. The van der Waals surface area contributed by atoms with Crippen LogP contribution in [0.4, 0.5) is 0 Å². The van der Waals surface area contributed by atoms with E-state index >= 15 is 0 Å². The Hall–Kier alpha value is -1.39. The molecule has 0 unspecified atom stereocenters. The van der Waals surface area contributed by atoms with Crippen molar-refractivity contribution in [3.8, 4) is 0 Å². The van der Waals surface area contributed by atoms with E-state index < -0.39 is 6.04 Å². The van der Waals surface area contributed by atoms with Gasteiger partial charge in [-0.25, -0.2) is 0 Å². The summed E-state index contributed by atoms with van der Waals surface area (Å²) in [5.41, 5.74) is 7.28. The van der Waals surface area contributed by atoms with E-state index in [1.165, 1.54) is 5.56 Å². The highest BCUT2D eigenvalue weighted by Crippen LogP contribution is 2.14. The van der Waals surface area contributed by atoms with Crippen LogP contribution in [0.3, 0.4) is 0 Å². The molecule has 0 spiro atoms. The van der Waals surface area contributed by atoms with Crippen molar-refractivity contribution in [1.82, 2.24) is 4.90 Å². The molecule has 0 radical (unpaired) electrons. The Labute approximate surface area is 120 Å². The van der Waals surface area contributed by atoms with Crippen LogP contribution in [0.1, 0.15) is 24.8 Å². The summed E-state index contributed by atoms with van der Waals surface area (Å²) in [7, 11) is 1.86. The van der Waals surface area contributed by atoms with Crippen LogP contribution in [-0.2, 0) is 16.0 Å². The second kappa shape index (κ2) is 7.41. The van der Waals surface area contributed by atoms with Gasteiger partial charge in [-0.15, -0.1) is 0 Å². The molecule has 1 amide bonds. The van der Waals surface area contributed by atoms with Gasteiger partial charge in [0.05, 0.1) is 6.04 Å². The lowest BCUT2D eigenvalue weighted by Gasteiger charge is -2.32. The maximum Gasteiger partial charge on any atom is 0.239 e. The van der Waals surface area contributed by atoms with Crippen molar-refractivity contribution in [2.45, 2.75) is 37.8 Å². The summed E-state index contributed by atoms with van der Waals surface area (Å²) >= 11 is 0. The summed E-state index contributed by atoms with van der Waals surface area (Å²) in [5, 5.41) is 0. The Morgan fingerprint density at radius 3 is 2.65 bits per heavy atom. The van der Waals surface area contributed by atoms with Gasteiger partial charge in [-0.1, -0.05) is 30.3 Å². The van der Waals surface area contributed by atoms with Gasteiger partial charge in [0.1, 0.15) is 0 Å². The highest BCUT2D eigenvalue weighted by molar-refractivity contribution is 5.81. The number of aryl methyl sites for hydroxylation is 1. The van der Waals surface area contributed by atoms with Gasteiger partial charge in [0.15, 0.2) is 0 Å². The normalized spacial score (nSPS) is 17.7. The second-order valence-corrected chi connectivity index (χ2v) is 5.42. The fraction of sp³-hybridized carbons (Fsp3) is 0.562. The number of hydrogen-bond donors (Lipinski definition) is 1. The summed E-state index contributed by atoms with van der Waals surface area (Å²) in [6.07, 6.45) is 3.35. The van der Waals surface area contributed by atoms with Gasteiger partial charge < -0.3 is 15.4 Å². The van der Waals surface area contributed by atoms with Crippen LogP contribution >= 0.6 is 0 Å². The maximum absolute atomic E-state index is 12.3. The summed E-state index contributed by atoms with van der Waals surface area (Å²) < 4.78 is 5.33. The standard InChI is InChI=1S/C16H24N2O2/c1-18(14-9-11-20-12-10-14)16(19)15(17)8-7-13-5-3-2-4-6-13/h2-6,14-15H,7-12,17H2,1H3/t15-/m1/s1. The largest absolute Gasteiger partial charge is 0.381 e. The fourth-order valence-corrected chi connectivity index (χ4v) is 2.60. The lowest BCUT2D eigenvalue weighted by atomic mass is 10.0. The van der Waals surface area contributed by atoms with Crippen LogP contribution in [0.5, 0.6) is 0 Å². The smallest absolute Gasteiger partial charge is 0.239 e. The van der Waals surface area contributed by atoms with Crippen LogP contribution in [0.25, 0.3) is 0 Å². The minimum absolute atomic E-state index is 0.0489. The molecule has 0 bridgehead atoms. The van der Waals surface area contributed by atoms with Crippen LogP contribution in [-0.4, -0.2) is 43.2 Å². The molecule has 1 heterocycles. The lowest BCUT2D eigenvalue weighted by Crippen LogP contribution is -2.48. The minimum atomic E-state index is -0.414. The molecule has 4 heteroatoms.